The summed E-state index contributed by atoms with van der Waals surface area (Å²) in [6, 6.07) is 18.5. The Morgan fingerprint density at radius 2 is 1.77 bits per heavy atom. The molecule has 0 amide bonds. The Hall–Kier alpha value is -3.90. The van der Waals surface area contributed by atoms with Crippen LogP contribution in [0.25, 0.3) is 11.4 Å². The summed E-state index contributed by atoms with van der Waals surface area (Å²) >= 11 is 0. The lowest BCUT2D eigenvalue weighted by molar-refractivity contribution is 0.0673. The standard InChI is InChI=1S/C34H39N3O3/c1-4-5-18-37-31(25(2)35-34(37)30-11-7-6-8-12-30)24-36(22-27-14-16-29(17-15-27)26(3)38)23-28-10-9-13-32-33(21-28)40-20-19-39-32/h6-12,14-17,21H,4-5,13,18-20,22-24H2,1-3H3. The van der Waals surface area contributed by atoms with Gasteiger partial charge in [0.15, 0.2) is 11.5 Å². The molecule has 2 aliphatic rings. The second-order valence-electron chi connectivity index (χ2n) is 10.5. The highest BCUT2D eigenvalue weighted by Gasteiger charge is 2.21. The molecule has 1 aliphatic heterocycles. The average molecular weight is 538 g/mol. The fraction of sp³-hybridized carbons (Fsp3) is 0.353. The number of hydrogen-bond donors (Lipinski definition) is 0. The molecule has 2 heterocycles. The van der Waals surface area contributed by atoms with Crippen LogP contribution in [0.1, 0.15) is 60.4 Å². The number of rotatable bonds is 11. The van der Waals surface area contributed by atoms with Crippen molar-refractivity contribution in [1.82, 2.24) is 14.5 Å². The first-order chi connectivity index (χ1) is 19.5. The van der Waals surface area contributed by atoms with Gasteiger partial charge in [-0.1, -0.05) is 80.1 Å². The fourth-order valence-corrected chi connectivity index (χ4v) is 5.29. The van der Waals surface area contributed by atoms with Crippen molar-refractivity contribution < 1.29 is 14.3 Å². The minimum absolute atomic E-state index is 0.0832. The van der Waals surface area contributed by atoms with Crippen molar-refractivity contribution in [1.29, 1.82) is 0 Å². The normalized spacial score (nSPS) is 14.8. The number of unbranched alkanes of at least 4 members (excludes halogenated alkanes) is 1. The Balaban J connectivity index is 1.48. The van der Waals surface area contributed by atoms with Gasteiger partial charge in [0.25, 0.3) is 0 Å². The van der Waals surface area contributed by atoms with E-state index in [4.69, 9.17) is 14.5 Å². The number of hydrogen-bond acceptors (Lipinski definition) is 5. The lowest BCUT2D eigenvalue weighted by atomic mass is 10.1. The Kier molecular flexibility index (Phi) is 8.97. The number of aryl methyl sites for hydroxylation is 1. The molecule has 0 saturated heterocycles. The Bertz CT molecular complexity index is 1410. The summed E-state index contributed by atoms with van der Waals surface area (Å²) < 4.78 is 14.2. The summed E-state index contributed by atoms with van der Waals surface area (Å²) in [5.74, 6) is 2.86. The van der Waals surface area contributed by atoms with Crippen LogP contribution in [0, 0.1) is 6.92 Å². The van der Waals surface area contributed by atoms with Crippen molar-refractivity contribution in [3.8, 4) is 11.4 Å². The van der Waals surface area contributed by atoms with Crippen LogP contribution in [0.4, 0.5) is 0 Å². The van der Waals surface area contributed by atoms with E-state index in [2.05, 4.69) is 77.9 Å². The van der Waals surface area contributed by atoms with Gasteiger partial charge in [-0.3, -0.25) is 9.69 Å². The van der Waals surface area contributed by atoms with Gasteiger partial charge in [0.05, 0.1) is 11.4 Å². The lowest BCUT2D eigenvalue weighted by Crippen LogP contribution is -2.27. The zero-order chi connectivity index (χ0) is 27.9. The summed E-state index contributed by atoms with van der Waals surface area (Å²) in [6.45, 7) is 10.3. The SMILES string of the molecule is CCCCn1c(-c2ccccc2)nc(C)c1CN(CC1=CC2=C(CC=C1)OCCO2)Cc1ccc(C(C)=O)cc1. The van der Waals surface area contributed by atoms with Crippen LogP contribution in [-0.2, 0) is 29.1 Å². The molecular formula is C34H39N3O3. The van der Waals surface area contributed by atoms with Crippen LogP contribution in [0.2, 0.25) is 0 Å². The van der Waals surface area contributed by atoms with Crippen molar-refractivity contribution >= 4 is 5.78 Å². The van der Waals surface area contributed by atoms with Gasteiger partial charge in [0.1, 0.15) is 24.8 Å². The predicted molar refractivity (Wildman–Crippen MR) is 159 cm³/mol. The highest BCUT2D eigenvalue weighted by atomic mass is 16.6. The van der Waals surface area contributed by atoms with E-state index in [1.54, 1.807) is 6.92 Å². The van der Waals surface area contributed by atoms with Crippen molar-refractivity contribution in [3.63, 3.8) is 0 Å². The molecule has 0 atom stereocenters. The lowest BCUT2D eigenvalue weighted by Gasteiger charge is -2.25. The number of benzene rings is 2. The zero-order valence-corrected chi connectivity index (χ0v) is 23.9. The van der Waals surface area contributed by atoms with Crippen LogP contribution >= 0.6 is 0 Å². The highest BCUT2D eigenvalue weighted by Crippen LogP contribution is 2.27. The molecule has 0 spiro atoms. The molecule has 0 radical (unpaired) electrons. The largest absolute Gasteiger partial charge is 0.490 e. The molecule has 6 heteroatoms. The van der Waals surface area contributed by atoms with Crippen molar-refractivity contribution in [3.05, 3.63) is 112 Å². The molecule has 3 aromatic rings. The summed E-state index contributed by atoms with van der Waals surface area (Å²) in [7, 11) is 0. The average Bonchev–Trinajstić information content (AvgIpc) is 3.13. The molecule has 0 saturated carbocycles. The molecule has 5 rings (SSSR count). The van der Waals surface area contributed by atoms with Gasteiger partial charge in [-0.05, 0) is 37.5 Å². The Morgan fingerprint density at radius 3 is 2.52 bits per heavy atom. The third-order valence-corrected chi connectivity index (χ3v) is 7.43. The first-order valence-corrected chi connectivity index (χ1v) is 14.3. The molecule has 6 nitrogen and oxygen atoms in total. The van der Waals surface area contributed by atoms with Crippen LogP contribution in [0.5, 0.6) is 0 Å². The summed E-state index contributed by atoms with van der Waals surface area (Å²) in [4.78, 5) is 19.4. The summed E-state index contributed by atoms with van der Waals surface area (Å²) in [5.41, 5.74) is 6.52. The van der Waals surface area contributed by atoms with Crippen molar-refractivity contribution in [2.24, 2.45) is 0 Å². The highest BCUT2D eigenvalue weighted by molar-refractivity contribution is 5.94. The maximum Gasteiger partial charge on any atom is 0.159 e. The van der Waals surface area contributed by atoms with Crippen molar-refractivity contribution in [2.75, 3.05) is 19.8 Å². The van der Waals surface area contributed by atoms with E-state index in [0.717, 1.165) is 79.6 Å². The number of carbonyl (C=O) groups is 1. The summed E-state index contributed by atoms with van der Waals surface area (Å²) in [5, 5.41) is 0. The summed E-state index contributed by atoms with van der Waals surface area (Å²) in [6.07, 6.45) is 9.43. The number of carbonyl (C=O) groups excluding carboxylic acids is 1. The van der Waals surface area contributed by atoms with Crippen LogP contribution in [0.3, 0.4) is 0 Å². The number of allylic oxidation sites excluding steroid dienone is 2. The minimum atomic E-state index is 0.0832. The second kappa shape index (κ2) is 13.0. The van der Waals surface area contributed by atoms with Crippen molar-refractivity contribution in [2.45, 2.75) is 59.7 Å². The van der Waals surface area contributed by atoms with Crippen LogP contribution < -0.4 is 0 Å². The zero-order valence-electron chi connectivity index (χ0n) is 23.9. The van der Waals surface area contributed by atoms with Gasteiger partial charge in [-0.15, -0.1) is 0 Å². The number of ketones is 1. The molecule has 0 unspecified atom stereocenters. The van der Waals surface area contributed by atoms with E-state index in [1.807, 2.05) is 18.2 Å². The number of imidazole rings is 1. The predicted octanol–water partition coefficient (Wildman–Crippen LogP) is 7.01. The number of aromatic nitrogens is 2. The minimum Gasteiger partial charge on any atom is -0.490 e. The van der Waals surface area contributed by atoms with Crippen LogP contribution in [0.15, 0.2) is 89.9 Å². The molecule has 2 aromatic carbocycles. The van der Waals surface area contributed by atoms with Crippen LogP contribution in [-0.4, -0.2) is 40.0 Å². The number of Topliss-reactive ketones (excluding diaryl/α,β-unsaturated/α-hetero) is 1. The van der Waals surface area contributed by atoms with E-state index >= 15 is 0 Å². The van der Waals surface area contributed by atoms with Gasteiger partial charge in [0, 0.05) is 43.7 Å². The van der Waals surface area contributed by atoms with E-state index in [9.17, 15) is 4.79 Å². The topological polar surface area (TPSA) is 56.6 Å². The maximum atomic E-state index is 11.8. The van der Waals surface area contributed by atoms with Gasteiger partial charge >= 0.3 is 0 Å². The number of nitrogens with zero attached hydrogens (tertiary/aromatic N) is 3. The van der Waals surface area contributed by atoms with E-state index in [1.165, 1.54) is 16.8 Å². The quantitative estimate of drug-likeness (QED) is 0.246. The molecule has 40 heavy (non-hydrogen) atoms. The van der Waals surface area contributed by atoms with Gasteiger partial charge in [-0.2, -0.15) is 0 Å². The Morgan fingerprint density at radius 1 is 1.00 bits per heavy atom. The van der Waals surface area contributed by atoms with E-state index in [-0.39, 0.29) is 5.78 Å². The third-order valence-electron chi connectivity index (χ3n) is 7.43. The molecule has 1 aromatic heterocycles. The number of ether oxygens (including phenoxy) is 2. The van der Waals surface area contributed by atoms with Gasteiger partial charge in [0.2, 0.25) is 0 Å². The molecule has 0 N–H and O–H groups in total. The molecular weight excluding hydrogens is 498 g/mol. The van der Waals surface area contributed by atoms with Gasteiger partial charge < -0.3 is 14.0 Å². The molecule has 0 bridgehead atoms. The molecule has 1 aliphatic carbocycles. The smallest absolute Gasteiger partial charge is 0.159 e. The second-order valence-corrected chi connectivity index (χ2v) is 10.5. The molecule has 208 valence electrons. The van der Waals surface area contributed by atoms with E-state index in [0.29, 0.717) is 13.2 Å². The first-order valence-electron chi connectivity index (χ1n) is 14.3. The van der Waals surface area contributed by atoms with E-state index < -0.39 is 0 Å². The van der Waals surface area contributed by atoms with Gasteiger partial charge in [-0.25, -0.2) is 4.98 Å². The molecule has 0 fully saturated rings. The first kappa shape index (κ1) is 27.7. The monoisotopic (exact) mass is 537 g/mol. The third kappa shape index (κ3) is 6.62. The Labute approximate surface area is 237 Å². The fourth-order valence-electron chi connectivity index (χ4n) is 5.29. The maximum absolute atomic E-state index is 11.8.